The Morgan fingerprint density at radius 3 is 2.56 bits per heavy atom. The molecule has 1 saturated heterocycles. The maximum absolute atomic E-state index is 12.8. The summed E-state index contributed by atoms with van der Waals surface area (Å²) in [6, 6.07) is 9.16. The van der Waals surface area contributed by atoms with Gasteiger partial charge in [-0.2, -0.15) is 5.10 Å². The first-order chi connectivity index (χ1) is 12.0. The van der Waals surface area contributed by atoms with Crippen molar-refractivity contribution in [1.29, 1.82) is 0 Å². The van der Waals surface area contributed by atoms with Crippen LogP contribution in [0.3, 0.4) is 0 Å². The molecule has 132 valence electrons. The lowest BCUT2D eigenvalue weighted by molar-refractivity contribution is -0.123. The molecule has 7 heteroatoms. The molecule has 2 N–H and O–H groups in total. The molecule has 0 spiro atoms. The summed E-state index contributed by atoms with van der Waals surface area (Å²) in [5.74, 6) is -0.0603. The van der Waals surface area contributed by atoms with Crippen LogP contribution in [-0.2, 0) is 4.79 Å². The van der Waals surface area contributed by atoms with Crippen molar-refractivity contribution < 1.29 is 14.3 Å². The quantitative estimate of drug-likeness (QED) is 0.914. The van der Waals surface area contributed by atoms with E-state index < -0.39 is 0 Å². The predicted octanol–water partition coefficient (Wildman–Crippen LogP) is 1.61. The van der Waals surface area contributed by atoms with E-state index in [1.165, 1.54) is 0 Å². The summed E-state index contributed by atoms with van der Waals surface area (Å²) in [5, 5.41) is 4.38. The average Bonchev–Trinajstić information content (AvgIpc) is 3.11. The molecule has 2 unspecified atom stereocenters. The second-order valence-electron chi connectivity index (χ2n) is 6.33. The summed E-state index contributed by atoms with van der Waals surface area (Å²) in [6.07, 6.45) is 3.23. The molecule has 2 aromatic rings. The van der Waals surface area contributed by atoms with Crippen molar-refractivity contribution in [2.45, 2.75) is 25.8 Å². The number of hydrogen-bond acceptors (Lipinski definition) is 4. The highest BCUT2D eigenvalue weighted by Crippen LogP contribution is 2.23. The summed E-state index contributed by atoms with van der Waals surface area (Å²) < 4.78 is 6.79. The third-order valence-corrected chi connectivity index (χ3v) is 4.69. The number of primary amides is 1. The summed E-state index contributed by atoms with van der Waals surface area (Å²) in [5.41, 5.74) is 6.60. The van der Waals surface area contributed by atoms with E-state index in [1.807, 2.05) is 31.2 Å². The van der Waals surface area contributed by atoms with Crippen LogP contribution in [0, 0.1) is 5.92 Å². The van der Waals surface area contributed by atoms with Crippen molar-refractivity contribution in [3.8, 4) is 11.4 Å². The Balaban J connectivity index is 1.78. The molecule has 25 heavy (non-hydrogen) atoms. The van der Waals surface area contributed by atoms with Gasteiger partial charge < -0.3 is 15.4 Å². The van der Waals surface area contributed by atoms with Crippen LogP contribution in [0.5, 0.6) is 5.75 Å². The Labute approximate surface area is 146 Å². The Morgan fingerprint density at radius 2 is 1.92 bits per heavy atom. The highest BCUT2D eigenvalue weighted by atomic mass is 16.5. The molecule has 7 nitrogen and oxygen atoms in total. The summed E-state index contributed by atoms with van der Waals surface area (Å²) in [7, 11) is 1.61. The first kappa shape index (κ1) is 17.0. The van der Waals surface area contributed by atoms with Gasteiger partial charge in [-0.05, 0) is 50.1 Å². The molecule has 0 aliphatic carbocycles. The summed E-state index contributed by atoms with van der Waals surface area (Å²) >= 11 is 0. The number of benzene rings is 1. The van der Waals surface area contributed by atoms with E-state index in [1.54, 1.807) is 29.0 Å². The van der Waals surface area contributed by atoms with Crippen LogP contribution in [-0.4, -0.2) is 46.2 Å². The lowest BCUT2D eigenvalue weighted by Gasteiger charge is -2.36. The second-order valence-corrected chi connectivity index (χ2v) is 6.33. The first-order valence-corrected chi connectivity index (χ1v) is 8.30. The van der Waals surface area contributed by atoms with Crippen molar-refractivity contribution in [2.75, 3.05) is 13.7 Å². The summed E-state index contributed by atoms with van der Waals surface area (Å²) in [4.78, 5) is 26.0. The van der Waals surface area contributed by atoms with Gasteiger partial charge in [0.2, 0.25) is 5.91 Å². The Hall–Kier alpha value is -2.83. The molecule has 0 radical (unpaired) electrons. The van der Waals surface area contributed by atoms with Crippen molar-refractivity contribution in [1.82, 2.24) is 14.7 Å². The summed E-state index contributed by atoms with van der Waals surface area (Å²) in [6.45, 7) is 2.33. The van der Waals surface area contributed by atoms with Crippen molar-refractivity contribution >= 4 is 11.8 Å². The van der Waals surface area contributed by atoms with Crippen LogP contribution in [0.15, 0.2) is 36.5 Å². The minimum Gasteiger partial charge on any atom is -0.497 e. The van der Waals surface area contributed by atoms with E-state index >= 15 is 0 Å². The molecule has 1 aromatic heterocycles. The van der Waals surface area contributed by atoms with E-state index in [4.69, 9.17) is 10.5 Å². The molecule has 1 fully saturated rings. The first-order valence-electron chi connectivity index (χ1n) is 8.30. The fourth-order valence-corrected chi connectivity index (χ4v) is 3.09. The van der Waals surface area contributed by atoms with E-state index in [2.05, 4.69) is 5.10 Å². The zero-order valence-electron chi connectivity index (χ0n) is 14.4. The van der Waals surface area contributed by atoms with E-state index in [-0.39, 0.29) is 23.8 Å². The molecule has 3 rings (SSSR count). The van der Waals surface area contributed by atoms with Crippen LogP contribution >= 0.6 is 0 Å². The van der Waals surface area contributed by atoms with Gasteiger partial charge in [-0.15, -0.1) is 0 Å². The number of carbonyl (C=O) groups excluding carboxylic acids is 2. The number of ether oxygens (including phenoxy) is 1. The van der Waals surface area contributed by atoms with Crippen molar-refractivity contribution in [3.05, 3.63) is 42.2 Å². The largest absolute Gasteiger partial charge is 0.497 e. The van der Waals surface area contributed by atoms with Crippen molar-refractivity contribution in [3.63, 3.8) is 0 Å². The number of methoxy groups -OCH3 is 1. The molecule has 2 atom stereocenters. The molecule has 0 saturated carbocycles. The van der Waals surface area contributed by atoms with Gasteiger partial charge in [-0.1, -0.05) is 0 Å². The molecule has 2 amide bonds. The number of amides is 2. The Bertz CT molecular complexity index is 769. The monoisotopic (exact) mass is 342 g/mol. The molecule has 1 aliphatic rings. The predicted molar refractivity (Wildman–Crippen MR) is 92.5 cm³/mol. The number of carbonyl (C=O) groups is 2. The highest BCUT2D eigenvalue weighted by Gasteiger charge is 2.32. The van der Waals surface area contributed by atoms with Crippen LogP contribution in [0.1, 0.15) is 30.3 Å². The molecule has 2 heterocycles. The fraction of sp³-hybridized carbons (Fsp3) is 0.389. The number of hydrogen-bond donors (Lipinski definition) is 1. The zero-order chi connectivity index (χ0) is 18.0. The number of rotatable bonds is 4. The van der Waals surface area contributed by atoms with Gasteiger partial charge in [-0.25, -0.2) is 4.68 Å². The topological polar surface area (TPSA) is 90.5 Å². The Kier molecular flexibility index (Phi) is 4.74. The lowest BCUT2D eigenvalue weighted by atomic mass is 9.92. The number of nitrogens with two attached hydrogens (primary N) is 1. The van der Waals surface area contributed by atoms with Crippen LogP contribution in [0.25, 0.3) is 5.69 Å². The maximum Gasteiger partial charge on any atom is 0.274 e. The van der Waals surface area contributed by atoms with E-state index in [0.717, 1.165) is 24.3 Å². The van der Waals surface area contributed by atoms with Crippen LogP contribution in [0.2, 0.25) is 0 Å². The number of nitrogens with zero attached hydrogens (tertiary/aromatic N) is 3. The fourth-order valence-electron chi connectivity index (χ4n) is 3.09. The second kappa shape index (κ2) is 6.96. The molecule has 1 aliphatic heterocycles. The third kappa shape index (κ3) is 3.50. The lowest BCUT2D eigenvalue weighted by Crippen LogP contribution is -2.48. The smallest absolute Gasteiger partial charge is 0.274 e. The molecule has 1 aromatic carbocycles. The standard InChI is InChI=1S/C18H22N4O3/c1-12-3-4-13(17(19)23)11-21(12)18(24)16-9-10-22(20-16)14-5-7-15(25-2)8-6-14/h5-10,12-13H,3-4,11H2,1-2H3,(H2,19,23). The number of piperidine rings is 1. The van der Waals surface area contributed by atoms with Gasteiger partial charge in [0.1, 0.15) is 5.75 Å². The average molecular weight is 342 g/mol. The minimum atomic E-state index is -0.353. The van der Waals surface area contributed by atoms with Gasteiger partial charge in [0.25, 0.3) is 5.91 Å². The van der Waals surface area contributed by atoms with Gasteiger partial charge in [0, 0.05) is 18.8 Å². The number of likely N-dealkylation sites (tertiary alicyclic amines) is 1. The van der Waals surface area contributed by atoms with Gasteiger partial charge >= 0.3 is 0 Å². The van der Waals surface area contributed by atoms with E-state index in [0.29, 0.717) is 12.2 Å². The third-order valence-electron chi connectivity index (χ3n) is 4.69. The van der Waals surface area contributed by atoms with Crippen LogP contribution < -0.4 is 10.5 Å². The molecular formula is C18H22N4O3. The minimum absolute atomic E-state index is 0.0641. The normalized spacial score (nSPS) is 20.3. The SMILES string of the molecule is COc1ccc(-n2ccc(C(=O)N3CC(C(N)=O)CCC3C)n2)cc1. The Morgan fingerprint density at radius 1 is 1.20 bits per heavy atom. The van der Waals surface area contributed by atoms with Gasteiger partial charge in [0.15, 0.2) is 5.69 Å². The highest BCUT2D eigenvalue weighted by molar-refractivity contribution is 5.93. The number of aromatic nitrogens is 2. The van der Waals surface area contributed by atoms with Gasteiger partial charge in [0.05, 0.1) is 18.7 Å². The maximum atomic E-state index is 12.8. The molecular weight excluding hydrogens is 320 g/mol. The molecule has 0 bridgehead atoms. The van der Waals surface area contributed by atoms with Crippen LogP contribution in [0.4, 0.5) is 0 Å². The van der Waals surface area contributed by atoms with Gasteiger partial charge in [-0.3, -0.25) is 9.59 Å². The van der Waals surface area contributed by atoms with Crippen molar-refractivity contribution in [2.24, 2.45) is 11.7 Å². The zero-order valence-corrected chi connectivity index (χ0v) is 14.4. The van der Waals surface area contributed by atoms with E-state index in [9.17, 15) is 9.59 Å².